The number of hydrogen-bond acceptors (Lipinski definition) is 3. The number of likely N-dealkylation sites (tertiary alicyclic amines) is 1. The number of aliphatic carboxylic acids is 1. The number of halogens is 1. The van der Waals surface area contributed by atoms with E-state index in [4.69, 9.17) is 11.6 Å². The molecule has 0 bridgehead atoms. The molecule has 0 radical (unpaired) electrons. The normalized spacial score (nSPS) is 20.7. The first-order chi connectivity index (χ1) is 11.0. The van der Waals surface area contributed by atoms with Gasteiger partial charge in [-0.25, -0.2) is 0 Å². The first-order valence-electron chi connectivity index (χ1n) is 7.29. The van der Waals surface area contributed by atoms with Crippen LogP contribution in [-0.2, 0) is 4.79 Å². The minimum atomic E-state index is -0.872. The number of carbonyl (C=O) groups is 2. The molecule has 1 amide bonds. The quantitative estimate of drug-likeness (QED) is 0.920. The smallest absolute Gasteiger partial charge is 0.308 e. The molecule has 0 aliphatic carbocycles. The van der Waals surface area contributed by atoms with Gasteiger partial charge in [0.2, 0.25) is 0 Å². The molecular weight excluding hydrogens is 334 g/mol. The molecule has 1 N–H and O–H groups in total. The van der Waals surface area contributed by atoms with Crippen molar-refractivity contribution in [1.29, 1.82) is 0 Å². The lowest BCUT2D eigenvalue weighted by molar-refractivity contribution is -0.141. The van der Waals surface area contributed by atoms with Gasteiger partial charge in [0.25, 0.3) is 5.91 Å². The summed E-state index contributed by atoms with van der Waals surface area (Å²) in [5, 5.41) is 12.0. The molecular formula is C17H16ClNO3S. The van der Waals surface area contributed by atoms with Crippen molar-refractivity contribution in [3.63, 3.8) is 0 Å². The number of amides is 1. The number of benzene rings is 1. The third-order valence-electron chi connectivity index (χ3n) is 4.28. The largest absolute Gasteiger partial charge is 0.481 e. The Hall–Kier alpha value is -1.85. The lowest BCUT2D eigenvalue weighted by Crippen LogP contribution is -2.29. The summed E-state index contributed by atoms with van der Waals surface area (Å²) in [6.07, 6.45) is 0. The number of carboxylic acid groups (broad SMARTS) is 1. The Balaban J connectivity index is 1.86. The first kappa shape index (κ1) is 16.0. The fourth-order valence-electron chi connectivity index (χ4n) is 3.00. The molecule has 120 valence electrons. The summed E-state index contributed by atoms with van der Waals surface area (Å²) < 4.78 is 0. The van der Waals surface area contributed by atoms with Crippen LogP contribution < -0.4 is 0 Å². The zero-order valence-electron chi connectivity index (χ0n) is 12.5. The van der Waals surface area contributed by atoms with Crippen molar-refractivity contribution < 1.29 is 14.7 Å². The van der Waals surface area contributed by atoms with Crippen molar-refractivity contribution in [2.24, 2.45) is 5.92 Å². The van der Waals surface area contributed by atoms with Gasteiger partial charge in [0.05, 0.1) is 10.8 Å². The van der Waals surface area contributed by atoms with E-state index in [0.29, 0.717) is 16.4 Å². The van der Waals surface area contributed by atoms with Gasteiger partial charge in [0.15, 0.2) is 0 Å². The molecule has 0 saturated carbocycles. The molecule has 2 aromatic rings. The molecule has 0 unspecified atom stereocenters. The summed E-state index contributed by atoms with van der Waals surface area (Å²) in [7, 11) is 0. The first-order valence-corrected chi connectivity index (χ1v) is 8.54. The van der Waals surface area contributed by atoms with Gasteiger partial charge in [0.1, 0.15) is 0 Å². The maximum Gasteiger partial charge on any atom is 0.308 e. The van der Waals surface area contributed by atoms with E-state index in [1.807, 2.05) is 30.5 Å². The summed E-state index contributed by atoms with van der Waals surface area (Å²) in [4.78, 5) is 26.6. The van der Waals surface area contributed by atoms with E-state index in [1.54, 1.807) is 17.0 Å². The molecule has 1 aromatic carbocycles. The van der Waals surface area contributed by atoms with Gasteiger partial charge >= 0.3 is 5.97 Å². The van der Waals surface area contributed by atoms with Crippen molar-refractivity contribution >= 4 is 34.8 Å². The second kappa shape index (κ2) is 6.34. The van der Waals surface area contributed by atoms with Gasteiger partial charge in [-0.15, -0.1) is 11.3 Å². The molecule has 23 heavy (non-hydrogen) atoms. The number of aryl methyl sites for hydroxylation is 1. The number of hydrogen-bond donors (Lipinski definition) is 1. The van der Waals surface area contributed by atoms with E-state index in [2.05, 4.69) is 0 Å². The molecule has 6 heteroatoms. The van der Waals surface area contributed by atoms with Crippen LogP contribution in [0.1, 0.15) is 26.7 Å². The number of rotatable bonds is 3. The molecule has 1 saturated heterocycles. The summed E-state index contributed by atoms with van der Waals surface area (Å²) in [6, 6.07) is 9.09. The van der Waals surface area contributed by atoms with Gasteiger partial charge in [-0.1, -0.05) is 23.7 Å². The molecule has 1 aliphatic heterocycles. The molecule has 4 nitrogen and oxygen atoms in total. The zero-order valence-corrected chi connectivity index (χ0v) is 14.1. The van der Waals surface area contributed by atoms with Gasteiger partial charge in [-0.2, -0.15) is 0 Å². The van der Waals surface area contributed by atoms with Gasteiger partial charge in [-0.3, -0.25) is 9.59 Å². The van der Waals surface area contributed by atoms with Crippen LogP contribution in [0.25, 0.3) is 0 Å². The average Bonchev–Trinajstić information content (AvgIpc) is 3.14. The van der Waals surface area contributed by atoms with Crippen LogP contribution in [0.3, 0.4) is 0 Å². The fraction of sp³-hybridized carbons (Fsp3) is 0.294. The van der Waals surface area contributed by atoms with Crippen molar-refractivity contribution in [3.05, 3.63) is 56.7 Å². The van der Waals surface area contributed by atoms with E-state index < -0.39 is 11.9 Å². The minimum Gasteiger partial charge on any atom is -0.481 e. The summed E-state index contributed by atoms with van der Waals surface area (Å²) in [6.45, 7) is 2.54. The summed E-state index contributed by atoms with van der Waals surface area (Å²) >= 11 is 7.30. The molecule has 1 aromatic heterocycles. The zero-order chi connectivity index (χ0) is 16.6. The van der Waals surface area contributed by atoms with Crippen LogP contribution in [0.4, 0.5) is 0 Å². The number of nitrogens with zero attached hydrogens (tertiary/aromatic N) is 1. The van der Waals surface area contributed by atoms with E-state index in [9.17, 15) is 14.7 Å². The molecule has 3 rings (SSSR count). The Morgan fingerprint density at radius 1 is 1.22 bits per heavy atom. The third kappa shape index (κ3) is 3.12. The number of carboxylic acids is 1. The Kier molecular flexibility index (Phi) is 4.41. The van der Waals surface area contributed by atoms with E-state index in [0.717, 1.165) is 11.1 Å². The van der Waals surface area contributed by atoms with Crippen LogP contribution in [-0.4, -0.2) is 35.0 Å². The monoisotopic (exact) mass is 349 g/mol. The van der Waals surface area contributed by atoms with Gasteiger partial charge in [-0.05, 0) is 41.6 Å². The second-order valence-electron chi connectivity index (χ2n) is 5.75. The van der Waals surface area contributed by atoms with Crippen LogP contribution in [0.2, 0.25) is 5.02 Å². The highest BCUT2D eigenvalue weighted by atomic mass is 35.5. The predicted molar refractivity (Wildman–Crippen MR) is 90.3 cm³/mol. The molecule has 1 fully saturated rings. The minimum absolute atomic E-state index is 0.0831. The number of carbonyl (C=O) groups excluding carboxylic acids is 1. The Bertz CT molecular complexity index is 741. The highest BCUT2D eigenvalue weighted by Crippen LogP contribution is 2.35. The Morgan fingerprint density at radius 2 is 1.91 bits per heavy atom. The lowest BCUT2D eigenvalue weighted by atomic mass is 9.89. The van der Waals surface area contributed by atoms with Crippen molar-refractivity contribution in [2.75, 3.05) is 13.1 Å². The van der Waals surface area contributed by atoms with Gasteiger partial charge < -0.3 is 10.0 Å². The highest BCUT2D eigenvalue weighted by molar-refractivity contribution is 7.12. The maximum absolute atomic E-state index is 12.7. The second-order valence-corrected chi connectivity index (χ2v) is 7.10. The topological polar surface area (TPSA) is 57.6 Å². The SMILES string of the molecule is Cc1ccsc1C(=O)N1C[C@@H](C(=O)O)[C@H](c2ccc(Cl)cc2)C1. The fourth-order valence-corrected chi connectivity index (χ4v) is 4.02. The van der Waals surface area contributed by atoms with Crippen molar-refractivity contribution in [2.45, 2.75) is 12.8 Å². The average molecular weight is 350 g/mol. The van der Waals surface area contributed by atoms with Crippen LogP contribution in [0.15, 0.2) is 35.7 Å². The highest BCUT2D eigenvalue weighted by Gasteiger charge is 2.41. The van der Waals surface area contributed by atoms with Crippen LogP contribution >= 0.6 is 22.9 Å². The van der Waals surface area contributed by atoms with Crippen molar-refractivity contribution in [1.82, 2.24) is 4.90 Å². The lowest BCUT2D eigenvalue weighted by Gasteiger charge is -2.16. The van der Waals surface area contributed by atoms with E-state index in [1.165, 1.54) is 11.3 Å². The number of thiophene rings is 1. The Morgan fingerprint density at radius 3 is 2.48 bits per heavy atom. The Labute approximate surface area is 143 Å². The molecule has 2 atom stereocenters. The van der Waals surface area contributed by atoms with Crippen molar-refractivity contribution in [3.8, 4) is 0 Å². The molecule has 2 heterocycles. The summed E-state index contributed by atoms with van der Waals surface area (Å²) in [5.41, 5.74) is 1.84. The third-order valence-corrected chi connectivity index (χ3v) is 5.54. The molecule has 1 aliphatic rings. The molecule has 0 spiro atoms. The standard InChI is InChI=1S/C17H16ClNO3S/c1-10-6-7-23-15(10)16(20)19-8-13(14(9-19)17(21)22)11-2-4-12(18)5-3-11/h2-7,13-14H,8-9H2,1H3,(H,21,22)/t13-,14+/m0/s1. The van der Waals surface area contributed by atoms with E-state index in [-0.39, 0.29) is 18.4 Å². The predicted octanol–water partition coefficient (Wildman–Crippen LogP) is 3.65. The maximum atomic E-state index is 12.7. The summed E-state index contributed by atoms with van der Waals surface area (Å²) in [5.74, 6) is -1.77. The van der Waals surface area contributed by atoms with E-state index >= 15 is 0 Å². The van der Waals surface area contributed by atoms with Gasteiger partial charge in [0, 0.05) is 24.0 Å². The van der Waals surface area contributed by atoms with Crippen LogP contribution in [0.5, 0.6) is 0 Å². The van der Waals surface area contributed by atoms with Crippen LogP contribution in [0, 0.1) is 12.8 Å².